The molecule has 3 rings (SSSR count). The fourth-order valence-electron chi connectivity index (χ4n) is 3.00. The van der Waals surface area contributed by atoms with Gasteiger partial charge in [0.2, 0.25) is 0 Å². The fourth-order valence-corrected chi connectivity index (χ4v) is 5.38. The number of carbonyl (C=O) groups excluding carboxylic acids is 1. The van der Waals surface area contributed by atoms with Crippen molar-refractivity contribution in [1.82, 2.24) is 5.43 Å². The van der Waals surface area contributed by atoms with Gasteiger partial charge in [0, 0.05) is 10.0 Å². The zero-order valence-electron chi connectivity index (χ0n) is 18.5. The first-order valence-electron chi connectivity index (χ1n) is 9.95. The van der Waals surface area contributed by atoms with E-state index in [1.165, 1.54) is 49.7 Å². The summed E-state index contributed by atoms with van der Waals surface area (Å²) in [5, 5.41) is 14.2. The van der Waals surface area contributed by atoms with Crippen molar-refractivity contribution < 1.29 is 23.1 Å². The number of benzene rings is 3. The third-order valence-electron chi connectivity index (χ3n) is 4.71. The van der Waals surface area contributed by atoms with E-state index in [0.717, 1.165) is 9.87 Å². The predicted molar refractivity (Wildman–Crippen MR) is 140 cm³/mol. The van der Waals surface area contributed by atoms with E-state index in [1.807, 2.05) is 6.92 Å². The molecule has 3 aromatic carbocycles. The molecule has 35 heavy (non-hydrogen) atoms. The Bertz CT molecular complexity index is 1360. The van der Waals surface area contributed by atoms with Crippen LogP contribution < -0.4 is 14.5 Å². The van der Waals surface area contributed by atoms with E-state index in [-0.39, 0.29) is 32.1 Å². The van der Waals surface area contributed by atoms with Crippen LogP contribution in [0.3, 0.4) is 0 Å². The molecule has 0 bridgehead atoms. The predicted octanol–water partition coefficient (Wildman–Crippen LogP) is 5.12. The number of aryl methyl sites for hydroxylation is 1. The zero-order chi connectivity index (χ0) is 25.8. The molecule has 0 aliphatic heterocycles. The number of amides is 1. The molecule has 0 radical (unpaired) electrons. The van der Waals surface area contributed by atoms with Crippen LogP contribution in [0.2, 0.25) is 10.0 Å². The number of methoxy groups -OCH3 is 1. The summed E-state index contributed by atoms with van der Waals surface area (Å²) in [5.41, 5.74) is 3.82. The molecule has 1 amide bonds. The molecular weight excluding hydrogens is 581 g/mol. The number of phenols is 1. The lowest BCUT2D eigenvalue weighted by atomic mass is 10.2. The Morgan fingerprint density at radius 2 is 1.77 bits per heavy atom. The van der Waals surface area contributed by atoms with E-state index in [0.29, 0.717) is 10.0 Å². The van der Waals surface area contributed by atoms with Gasteiger partial charge in [0.1, 0.15) is 6.54 Å². The van der Waals surface area contributed by atoms with Crippen LogP contribution in [-0.2, 0) is 14.8 Å². The van der Waals surface area contributed by atoms with Gasteiger partial charge >= 0.3 is 0 Å². The minimum Gasteiger partial charge on any atom is -0.503 e. The maximum atomic E-state index is 13.4. The van der Waals surface area contributed by atoms with E-state index >= 15 is 0 Å². The number of anilines is 1. The largest absolute Gasteiger partial charge is 0.503 e. The first-order valence-corrected chi connectivity index (χ1v) is 12.9. The lowest BCUT2D eigenvalue weighted by Gasteiger charge is -2.24. The first kappa shape index (κ1) is 26.8. The van der Waals surface area contributed by atoms with Crippen molar-refractivity contribution in [1.29, 1.82) is 0 Å². The number of rotatable bonds is 8. The molecule has 0 aliphatic rings. The average Bonchev–Trinajstić information content (AvgIpc) is 2.79. The first-order chi connectivity index (χ1) is 16.5. The van der Waals surface area contributed by atoms with Crippen LogP contribution in [0.4, 0.5) is 5.69 Å². The Labute approximate surface area is 221 Å². The highest BCUT2D eigenvalue weighted by atomic mass is 79.9. The summed E-state index contributed by atoms with van der Waals surface area (Å²) in [7, 11) is -2.75. The highest BCUT2D eigenvalue weighted by Crippen LogP contribution is 2.34. The fraction of sp³-hybridized carbons (Fsp3) is 0.130. The minimum atomic E-state index is -4.14. The van der Waals surface area contributed by atoms with E-state index in [9.17, 15) is 18.3 Å². The maximum Gasteiger partial charge on any atom is 0.264 e. The molecule has 0 heterocycles. The standard InChI is InChI=1S/C23H20BrCl2N3O5S/c1-14-3-5-19(6-4-14)35(32,33)29(18-10-16(25)9-17(26)11-18)13-22(30)28-27-12-15-7-20(24)23(31)21(8-15)34-2/h3-12,31H,13H2,1-2H3,(H,28,30)/b27-12-. The molecule has 0 fully saturated rings. The lowest BCUT2D eigenvalue weighted by Crippen LogP contribution is -2.39. The SMILES string of the molecule is COc1cc(/C=N\NC(=O)CN(c2cc(Cl)cc(Cl)c2)S(=O)(=O)c2ccc(C)cc2)cc(Br)c1O. The molecule has 2 N–H and O–H groups in total. The van der Waals surface area contributed by atoms with E-state index in [1.54, 1.807) is 18.2 Å². The molecule has 0 saturated carbocycles. The molecule has 8 nitrogen and oxygen atoms in total. The van der Waals surface area contributed by atoms with Crippen molar-refractivity contribution in [2.24, 2.45) is 5.10 Å². The van der Waals surface area contributed by atoms with E-state index in [4.69, 9.17) is 27.9 Å². The van der Waals surface area contributed by atoms with Gasteiger partial charge in [-0.05, 0) is 70.9 Å². The monoisotopic (exact) mass is 599 g/mol. The van der Waals surface area contributed by atoms with Crippen molar-refractivity contribution in [2.45, 2.75) is 11.8 Å². The Balaban J connectivity index is 1.87. The third kappa shape index (κ3) is 6.66. The Hall–Kier alpha value is -2.79. The molecule has 0 unspecified atom stereocenters. The lowest BCUT2D eigenvalue weighted by molar-refractivity contribution is -0.119. The summed E-state index contributed by atoms with van der Waals surface area (Å²) in [5.74, 6) is -0.580. The van der Waals surface area contributed by atoms with Gasteiger partial charge in [-0.2, -0.15) is 5.10 Å². The van der Waals surface area contributed by atoms with Crippen LogP contribution in [0.5, 0.6) is 11.5 Å². The van der Waals surface area contributed by atoms with Crippen LogP contribution in [0.15, 0.2) is 69.1 Å². The van der Waals surface area contributed by atoms with Crippen molar-refractivity contribution in [3.05, 3.63) is 80.2 Å². The van der Waals surface area contributed by atoms with Crippen molar-refractivity contribution in [3.63, 3.8) is 0 Å². The zero-order valence-corrected chi connectivity index (χ0v) is 22.4. The van der Waals surface area contributed by atoms with Gasteiger partial charge in [0.15, 0.2) is 11.5 Å². The second kappa shape index (κ2) is 11.3. The third-order valence-corrected chi connectivity index (χ3v) is 7.53. The van der Waals surface area contributed by atoms with Crippen molar-refractivity contribution in [3.8, 4) is 11.5 Å². The normalized spacial score (nSPS) is 11.5. The van der Waals surface area contributed by atoms with Crippen LogP contribution in [-0.4, -0.2) is 39.3 Å². The van der Waals surface area contributed by atoms with Crippen LogP contribution in [0.25, 0.3) is 0 Å². The summed E-state index contributed by atoms with van der Waals surface area (Å²) in [4.78, 5) is 12.7. The molecule has 184 valence electrons. The van der Waals surface area contributed by atoms with Gasteiger partial charge in [0.25, 0.3) is 15.9 Å². The molecule has 12 heteroatoms. The number of hydrazone groups is 1. The van der Waals surface area contributed by atoms with Gasteiger partial charge in [-0.3, -0.25) is 9.10 Å². The van der Waals surface area contributed by atoms with Crippen molar-refractivity contribution >= 4 is 67.0 Å². The number of phenolic OH excluding ortho intramolecular Hbond substituents is 1. The quantitative estimate of drug-likeness (QED) is 0.275. The smallest absolute Gasteiger partial charge is 0.264 e. The summed E-state index contributed by atoms with van der Waals surface area (Å²) < 4.78 is 33.2. The number of ether oxygens (including phenoxy) is 1. The van der Waals surface area contributed by atoms with Crippen molar-refractivity contribution in [2.75, 3.05) is 18.0 Å². The Morgan fingerprint density at radius 3 is 2.37 bits per heavy atom. The minimum absolute atomic E-state index is 0.00321. The van der Waals surface area contributed by atoms with Gasteiger partial charge in [-0.15, -0.1) is 0 Å². The van der Waals surface area contributed by atoms with Gasteiger partial charge in [0.05, 0.1) is 28.4 Å². The number of hydrogen-bond acceptors (Lipinski definition) is 6. The average molecular weight is 601 g/mol. The topological polar surface area (TPSA) is 108 Å². The molecular formula is C23H20BrCl2N3O5S. The molecule has 0 atom stereocenters. The summed E-state index contributed by atoms with van der Waals surface area (Å²) in [6.45, 7) is 1.24. The highest BCUT2D eigenvalue weighted by Gasteiger charge is 2.27. The van der Waals surface area contributed by atoms with Gasteiger partial charge < -0.3 is 9.84 Å². The maximum absolute atomic E-state index is 13.4. The number of sulfonamides is 1. The Morgan fingerprint density at radius 1 is 1.14 bits per heavy atom. The Kier molecular flexibility index (Phi) is 8.65. The van der Waals surface area contributed by atoms with Crippen LogP contribution in [0.1, 0.15) is 11.1 Å². The second-order valence-corrected chi connectivity index (χ2v) is 10.9. The number of nitrogens with one attached hydrogen (secondary N) is 1. The van der Waals surface area contributed by atoms with Gasteiger partial charge in [-0.25, -0.2) is 13.8 Å². The summed E-state index contributed by atoms with van der Waals surface area (Å²) >= 11 is 15.4. The number of nitrogens with zero attached hydrogens (tertiary/aromatic N) is 2. The van der Waals surface area contributed by atoms with E-state index in [2.05, 4.69) is 26.5 Å². The molecule has 0 saturated heterocycles. The van der Waals surface area contributed by atoms with Gasteiger partial charge in [-0.1, -0.05) is 40.9 Å². The highest BCUT2D eigenvalue weighted by molar-refractivity contribution is 9.10. The second-order valence-electron chi connectivity index (χ2n) is 7.30. The number of hydrogen-bond donors (Lipinski definition) is 2. The molecule has 0 aromatic heterocycles. The summed E-state index contributed by atoms with van der Waals surface area (Å²) in [6.07, 6.45) is 1.32. The number of carbonyl (C=O) groups is 1. The summed E-state index contributed by atoms with van der Waals surface area (Å²) in [6, 6.07) is 13.6. The van der Waals surface area contributed by atoms with Crippen LogP contribution >= 0.6 is 39.1 Å². The molecule has 0 spiro atoms. The number of halogens is 3. The molecule has 0 aliphatic carbocycles. The van der Waals surface area contributed by atoms with E-state index < -0.39 is 22.5 Å². The number of aromatic hydroxyl groups is 1. The molecule has 3 aromatic rings. The van der Waals surface area contributed by atoms with Crippen LogP contribution in [0, 0.1) is 6.92 Å².